The second kappa shape index (κ2) is 9.41. The van der Waals surface area contributed by atoms with Gasteiger partial charge >= 0.3 is 6.09 Å². The number of carbonyl (C=O) groups excluding carboxylic acids is 2. The fourth-order valence-electron chi connectivity index (χ4n) is 5.68. The Balaban J connectivity index is 1.23. The fourth-order valence-corrected chi connectivity index (χ4v) is 6.53. The number of ether oxygens (including phenoxy) is 1. The fraction of sp³-hybridized carbons (Fsp3) is 0.429. The molecule has 1 aromatic carbocycles. The molecular weight excluding hydrogens is 516 g/mol. The lowest BCUT2D eigenvalue weighted by Crippen LogP contribution is -2.43. The van der Waals surface area contributed by atoms with E-state index in [-0.39, 0.29) is 23.5 Å². The number of likely N-dealkylation sites (tertiary alicyclic amines) is 1. The summed E-state index contributed by atoms with van der Waals surface area (Å²) in [7, 11) is 1.87. The van der Waals surface area contributed by atoms with E-state index in [0.29, 0.717) is 29.7 Å². The van der Waals surface area contributed by atoms with Crippen LogP contribution in [0, 0.1) is 5.41 Å². The van der Waals surface area contributed by atoms with Gasteiger partial charge in [0.15, 0.2) is 12.2 Å². The molecule has 1 aliphatic carbocycles. The number of anilines is 2. The van der Waals surface area contributed by atoms with Crippen LogP contribution in [0.4, 0.5) is 16.4 Å². The Hall–Kier alpha value is -3.86. The molecule has 10 nitrogen and oxygen atoms in total. The number of nitrogens with one attached hydrogen (secondary N) is 2. The van der Waals surface area contributed by atoms with Crippen LogP contribution in [0.3, 0.4) is 0 Å². The number of fused-ring (bicyclic) bond motifs is 1. The number of benzene rings is 1. The number of aromatic nitrogens is 3. The molecular formula is C28H32N6O4S. The summed E-state index contributed by atoms with van der Waals surface area (Å²) in [6, 6.07) is 9.86. The van der Waals surface area contributed by atoms with Crippen LogP contribution in [0.5, 0.6) is 0 Å². The molecule has 4 heterocycles. The molecule has 0 unspecified atom stereocenters. The summed E-state index contributed by atoms with van der Waals surface area (Å²) in [5, 5.41) is 6.23. The maximum absolute atomic E-state index is 13.3. The summed E-state index contributed by atoms with van der Waals surface area (Å²) in [5.74, 6) is 0.935. The first kappa shape index (κ1) is 25.4. The lowest BCUT2D eigenvalue weighted by molar-refractivity contribution is 0.0199. The monoisotopic (exact) mass is 548 g/mol. The van der Waals surface area contributed by atoms with Gasteiger partial charge in [0.05, 0.1) is 27.0 Å². The van der Waals surface area contributed by atoms with Gasteiger partial charge in [0.2, 0.25) is 5.95 Å². The lowest BCUT2D eigenvalue weighted by atomic mass is 9.65. The molecule has 4 aromatic rings. The Morgan fingerprint density at radius 3 is 2.74 bits per heavy atom. The average molecular weight is 549 g/mol. The topological polar surface area (TPSA) is 115 Å². The number of rotatable bonds is 5. The Morgan fingerprint density at radius 1 is 1.21 bits per heavy atom. The Bertz CT molecular complexity index is 1530. The van der Waals surface area contributed by atoms with Crippen molar-refractivity contribution in [3.8, 4) is 10.6 Å². The van der Waals surface area contributed by atoms with E-state index in [1.165, 1.54) is 17.7 Å². The zero-order chi connectivity index (χ0) is 27.4. The highest BCUT2D eigenvalue weighted by atomic mass is 32.1. The van der Waals surface area contributed by atoms with E-state index < -0.39 is 5.60 Å². The third kappa shape index (κ3) is 4.87. The highest BCUT2D eigenvalue weighted by molar-refractivity contribution is 7.17. The minimum absolute atomic E-state index is 0.0596. The van der Waals surface area contributed by atoms with Gasteiger partial charge in [-0.15, -0.1) is 11.3 Å². The zero-order valence-corrected chi connectivity index (χ0v) is 23.3. The van der Waals surface area contributed by atoms with Gasteiger partial charge in [-0.1, -0.05) is 0 Å². The van der Waals surface area contributed by atoms with E-state index in [9.17, 15) is 9.59 Å². The van der Waals surface area contributed by atoms with Gasteiger partial charge in [0.1, 0.15) is 5.60 Å². The van der Waals surface area contributed by atoms with Gasteiger partial charge in [-0.25, -0.2) is 14.8 Å². The molecule has 1 aliphatic heterocycles. The summed E-state index contributed by atoms with van der Waals surface area (Å²) >= 11 is 1.34. The van der Waals surface area contributed by atoms with E-state index in [2.05, 4.69) is 20.2 Å². The maximum atomic E-state index is 13.3. The van der Waals surface area contributed by atoms with Crippen LogP contribution in [0.2, 0.25) is 0 Å². The SMILES string of the molecule is CNc1ccc2c(c1)nc(NC(=O)c1ccc(-c3cnco3)s1)n2[C@H]1C[C@@]2(CCN(C(=O)OC(C)(C)C)C2)C1. The third-order valence-corrected chi connectivity index (χ3v) is 8.60. The molecule has 1 spiro atoms. The average Bonchev–Trinajstić information content (AvgIpc) is 3.66. The zero-order valence-electron chi connectivity index (χ0n) is 22.5. The van der Waals surface area contributed by atoms with Gasteiger partial charge in [-0.05, 0) is 75.8 Å². The maximum Gasteiger partial charge on any atom is 0.410 e. The molecule has 2 aliphatic rings. The highest BCUT2D eigenvalue weighted by Gasteiger charge is 2.51. The molecule has 1 saturated carbocycles. The smallest absolute Gasteiger partial charge is 0.410 e. The molecule has 6 rings (SSSR count). The Morgan fingerprint density at radius 2 is 2.03 bits per heavy atom. The van der Waals surface area contributed by atoms with E-state index in [1.54, 1.807) is 12.3 Å². The number of nitrogens with zero attached hydrogens (tertiary/aromatic N) is 4. The van der Waals surface area contributed by atoms with Crippen molar-refractivity contribution in [2.45, 2.75) is 51.7 Å². The van der Waals surface area contributed by atoms with Gasteiger partial charge in [0, 0.05) is 31.9 Å². The van der Waals surface area contributed by atoms with Crippen molar-refractivity contribution in [2.75, 3.05) is 30.8 Å². The summed E-state index contributed by atoms with van der Waals surface area (Å²) in [4.78, 5) is 37.9. The number of amides is 2. The van der Waals surface area contributed by atoms with Gasteiger partial charge in [-0.3, -0.25) is 10.1 Å². The Kier molecular flexibility index (Phi) is 6.13. The van der Waals surface area contributed by atoms with Gasteiger partial charge in [-0.2, -0.15) is 0 Å². The molecule has 11 heteroatoms. The normalized spacial score (nSPS) is 20.8. The number of hydrogen-bond acceptors (Lipinski definition) is 8. The summed E-state index contributed by atoms with van der Waals surface area (Å²) < 4.78 is 13.1. The minimum atomic E-state index is -0.512. The first-order valence-electron chi connectivity index (χ1n) is 13.1. The second-order valence-electron chi connectivity index (χ2n) is 11.5. The van der Waals surface area contributed by atoms with E-state index >= 15 is 0 Å². The predicted molar refractivity (Wildman–Crippen MR) is 150 cm³/mol. The van der Waals surface area contributed by atoms with Crippen LogP contribution in [0.25, 0.3) is 21.7 Å². The van der Waals surface area contributed by atoms with Crippen LogP contribution in [-0.4, -0.2) is 57.2 Å². The molecule has 2 amide bonds. The van der Waals surface area contributed by atoms with Gasteiger partial charge in [0.25, 0.3) is 5.91 Å². The molecule has 1 saturated heterocycles. The van der Waals surface area contributed by atoms with Crippen molar-refractivity contribution in [1.82, 2.24) is 19.4 Å². The molecule has 0 atom stereocenters. The molecule has 2 N–H and O–H groups in total. The number of oxazole rings is 1. The van der Waals surface area contributed by atoms with Crippen molar-refractivity contribution in [3.05, 3.63) is 47.8 Å². The van der Waals surface area contributed by atoms with E-state index in [4.69, 9.17) is 14.1 Å². The quantitative estimate of drug-likeness (QED) is 0.314. The number of imidazole rings is 1. The van der Waals surface area contributed by atoms with Crippen molar-refractivity contribution in [3.63, 3.8) is 0 Å². The van der Waals surface area contributed by atoms with Gasteiger partial charge < -0.3 is 23.9 Å². The molecule has 39 heavy (non-hydrogen) atoms. The van der Waals surface area contributed by atoms with E-state index in [1.807, 2.05) is 57.0 Å². The first-order chi connectivity index (χ1) is 18.6. The van der Waals surface area contributed by atoms with Crippen molar-refractivity contribution >= 4 is 46.0 Å². The summed E-state index contributed by atoms with van der Waals surface area (Å²) in [6.45, 7) is 7.06. The second-order valence-corrected chi connectivity index (χ2v) is 12.5. The van der Waals surface area contributed by atoms with Crippen LogP contribution in [-0.2, 0) is 4.74 Å². The van der Waals surface area contributed by atoms with Crippen LogP contribution in [0.1, 0.15) is 55.7 Å². The molecule has 0 radical (unpaired) electrons. The standard InChI is InChI=1S/C28H32N6O4S/c1-27(2,3)38-26(36)33-10-9-28(15-33)12-18(13-28)34-20-6-5-17(29-4)11-19(20)31-25(34)32-24(35)23-8-7-22(39-23)21-14-30-16-37-21/h5-8,11,14,16,18,29H,9-10,12-13,15H2,1-4H3,(H,31,32,35)/t18-,28-. The largest absolute Gasteiger partial charge is 0.444 e. The number of hydrogen-bond donors (Lipinski definition) is 2. The summed E-state index contributed by atoms with van der Waals surface area (Å²) in [5.41, 5.74) is 2.29. The van der Waals surface area contributed by atoms with Crippen molar-refractivity contribution in [2.24, 2.45) is 5.41 Å². The van der Waals surface area contributed by atoms with Crippen molar-refractivity contribution < 1.29 is 18.7 Å². The van der Waals surface area contributed by atoms with Crippen LogP contribution < -0.4 is 10.6 Å². The third-order valence-electron chi connectivity index (χ3n) is 7.50. The minimum Gasteiger partial charge on any atom is -0.444 e. The predicted octanol–water partition coefficient (Wildman–Crippen LogP) is 6.01. The summed E-state index contributed by atoms with van der Waals surface area (Å²) in [6.07, 6.45) is 5.52. The molecule has 2 fully saturated rings. The number of carbonyl (C=O) groups is 2. The van der Waals surface area contributed by atoms with Crippen molar-refractivity contribution in [1.29, 1.82) is 0 Å². The molecule has 3 aromatic heterocycles. The van der Waals surface area contributed by atoms with Crippen LogP contribution >= 0.6 is 11.3 Å². The highest BCUT2D eigenvalue weighted by Crippen LogP contribution is 2.55. The van der Waals surface area contributed by atoms with Crippen LogP contribution in [0.15, 0.2) is 47.3 Å². The van der Waals surface area contributed by atoms with E-state index in [0.717, 1.165) is 40.9 Å². The first-order valence-corrected chi connectivity index (χ1v) is 13.9. The Labute approximate surface area is 230 Å². The molecule has 0 bridgehead atoms. The number of thiophene rings is 1. The molecule has 204 valence electrons. The lowest BCUT2D eigenvalue weighted by Gasteiger charge is -2.46.